The van der Waals surface area contributed by atoms with E-state index in [1.54, 1.807) is 30.6 Å². The van der Waals surface area contributed by atoms with Crippen LogP contribution in [-0.4, -0.2) is 28.1 Å². The Labute approximate surface area is 145 Å². The lowest BCUT2D eigenvalue weighted by Crippen LogP contribution is -2.45. The van der Waals surface area contributed by atoms with E-state index in [1.807, 2.05) is 36.4 Å². The summed E-state index contributed by atoms with van der Waals surface area (Å²) in [4.78, 5) is 24.2. The lowest BCUT2D eigenvalue weighted by Gasteiger charge is -2.16. The number of carbonyl (C=O) groups is 2. The predicted molar refractivity (Wildman–Crippen MR) is 94.6 cm³/mol. The Morgan fingerprint density at radius 3 is 2.56 bits per heavy atom. The maximum absolute atomic E-state index is 12.5. The summed E-state index contributed by atoms with van der Waals surface area (Å²) in [5.41, 5.74) is 8.58. The predicted octanol–water partition coefficient (Wildman–Crippen LogP) is 1.90. The molecule has 0 spiro atoms. The number of aromatic nitrogens is 2. The van der Waals surface area contributed by atoms with Gasteiger partial charge in [0.1, 0.15) is 6.04 Å². The van der Waals surface area contributed by atoms with Crippen molar-refractivity contribution >= 4 is 11.8 Å². The standard InChI is InChI=1S/C19H18N4O2/c20-18(24)17(9-13-5-2-1-3-6-13)23-19(25)15-8-4-7-14(10-15)16-11-21-22-12-16/h1-8,10-12,17H,9H2,(H2,20,24)(H,21,22)(H,23,25)/t17-/m0/s1. The second-order valence-electron chi connectivity index (χ2n) is 5.69. The maximum atomic E-state index is 12.5. The summed E-state index contributed by atoms with van der Waals surface area (Å²) < 4.78 is 0. The number of benzene rings is 2. The van der Waals surface area contributed by atoms with Crippen LogP contribution in [0, 0.1) is 0 Å². The number of carbonyl (C=O) groups excluding carboxylic acids is 2. The van der Waals surface area contributed by atoms with Crippen LogP contribution in [0.5, 0.6) is 0 Å². The van der Waals surface area contributed by atoms with Gasteiger partial charge in [0.2, 0.25) is 5.91 Å². The van der Waals surface area contributed by atoms with Crippen molar-refractivity contribution in [2.75, 3.05) is 0 Å². The van der Waals surface area contributed by atoms with Crippen LogP contribution in [0.3, 0.4) is 0 Å². The largest absolute Gasteiger partial charge is 0.368 e. The molecule has 3 aromatic rings. The molecule has 0 saturated carbocycles. The van der Waals surface area contributed by atoms with Gasteiger partial charge in [-0.25, -0.2) is 0 Å². The van der Waals surface area contributed by atoms with E-state index in [-0.39, 0.29) is 5.91 Å². The molecule has 0 aliphatic carbocycles. The van der Waals surface area contributed by atoms with Crippen LogP contribution in [0.25, 0.3) is 11.1 Å². The van der Waals surface area contributed by atoms with Gasteiger partial charge in [0, 0.05) is 23.7 Å². The average Bonchev–Trinajstić information content (AvgIpc) is 3.17. The molecule has 6 nitrogen and oxygen atoms in total. The Balaban J connectivity index is 1.75. The molecule has 0 radical (unpaired) electrons. The quantitative estimate of drug-likeness (QED) is 0.642. The van der Waals surface area contributed by atoms with Gasteiger partial charge < -0.3 is 11.1 Å². The van der Waals surface area contributed by atoms with E-state index in [4.69, 9.17) is 5.73 Å². The Morgan fingerprint density at radius 2 is 1.88 bits per heavy atom. The molecule has 0 aliphatic heterocycles. The van der Waals surface area contributed by atoms with Crippen molar-refractivity contribution in [2.24, 2.45) is 5.73 Å². The lowest BCUT2D eigenvalue weighted by molar-refractivity contribution is -0.119. The number of nitrogens with zero attached hydrogens (tertiary/aromatic N) is 1. The fraction of sp³-hybridized carbons (Fsp3) is 0.105. The van der Waals surface area contributed by atoms with Crippen molar-refractivity contribution in [3.8, 4) is 11.1 Å². The number of nitrogens with two attached hydrogens (primary N) is 1. The smallest absolute Gasteiger partial charge is 0.251 e. The van der Waals surface area contributed by atoms with Crippen molar-refractivity contribution in [2.45, 2.75) is 12.5 Å². The maximum Gasteiger partial charge on any atom is 0.251 e. The van der Waals surface area contributed by atoms with E-state index in [0.29, 0.717) is 12.0 Å². The third kappa shape index (κ3) is 4.11. The Hall–Kier alpha value is -3.41. The molecule has 2 aromatic carbocycles. The van der Waals surface area contributed by atoms with Gasteiger partial charge in [-0.15, -0.1) is 0 Å². The number of aromatic amines is 1. The number of nitrogens with one attached hydrogen (secondary N) is 2. The number of primary amides is 1. The highest BCUT2D eigenvalue weighted by atomic mass is 16.2. The van der Waals surface area contributed by atoms with Crippen molar-refractivity contribution < 1.29 is 9.59 Å². The summed E-state index contributed by atoms with van der Waals surface area (Å²) >= 11 is 0. The molecular weight excluding hydrogens is 316 g/mol. The minimum Gasteiger partial charge on any atom is -0.368 e. The average molecular weight is 334 g/mol. The summed E-state index contributed by atoms with van der Waals surface area (Å²) in [6.07, 6.45) is 3.78. The lowest BCUT2D eigenvalue weighted by atomic mass is 10.0. The van der Waals surface area contributed by atoms with E-state index in [0.717, 1.165) is 16.7 Å². The number of hydrogen-bond acceptors (Lipinski definition) is 3. The summed E-state index contributed by atoms with van der Waals surface area (Å²) in [7, 11) is 0. The van der Waals surface area contributed by atoms with Crippen molar-refractivity contribution in [3.05, 3.63) is 78.1 Å². The summed E-state index contributed by atoms with van der Waals surface area (Å²) in [5, 5.41) is 9.36. The van der Waals surface area contributed by atoms with E-state index < -0.39 is 11.9 Å². The van der Waals surface area contributed by atoms with Crippen LogP contribution in [0.15, 0.2) is 67.0 Å². The molecule has 0 unspecified atom stereocenters. The van der Waals surface area contributed by atoms with Crippen LogP contribution in [0.4, 0.5) is 0 Å². The molecule has 0 aliphatic rings. The molecule has 1 atom stereocenters. The number of rotatable bonds is 6. The van der Waals surface area contributed by atoms with Crippen molar-refractivity contribution in [1.29, 1.82) is 0 Å². The molecule has 1 heterocycles. The zero-order valence-electron chi connectivity index (χ0n) is 13.5. The van der Waals surface area contributed by atoms with Gasteiger partial charge in [0.25, 0.3) is 5.91 Å². The summed E-state index contributed by atoms with van der Waals surface area (Å²) in [6.45, 7) is 0. The summed E-state index contributed by atoms with van der Waals surface area (Å²) in [5.74, 6) is -0.909. The minimum atomic E-state index is -0.771. The zero-order valence-corrected chi connectivity index (χ0v) is 13.5. The first-order valence-electron chi connectivity index (χ1n) is 7.87. The monoisotopic (exact) mass is 334 g/mol. The van der Waals surface area contributed by atoms with E-state index in [9.17, 15) is 9.59 Å². The molecule has 2 amide bonds. The van der Waals surface area contributed by atoms with Crippen LogP contribution in [-0.2, 0) is 11.2 Å². The third-order valence-corrected chi connectivity index (χ3v) is 3.89. The molecule has 6 heteroatoms. The zero-order chi connectivity index (χ0) is 17.6. The van der Waals surface area contributed by atoms with Crippen molar-refractivity contribution in [3.63, 3.8) is 0 Å². The topological polar surface area (TPSA) is 101 Å². The van der Waals surface area contributed by atoms with Gasteiger partial charge >= 0.3 is 0 Å². The summed E-state index contributed by atoms with van der Waals surface area (Å²) in [6, 6.07) is 15.8. The van der Waals surface area contributed by atoms with E-state index in [1.165, 1.54) is 0 Å². The Kier molecular flexibility index (Phi) is 4.89. The van der Waals surface area contributed by atoms with Crippen LogP contribution in [0.2, 0.25) is 0 Å². The first kappa shape index (κ1) is 16.4. The van der Waals surface area contributed by atoms with Gasteiger partial charge in [-0.05, 0) is 23.3 Å². The second kappa shape index (κ2) is 7.44. The second-order valence-corrected chi connectivity index (χ2v) is 5.69. The SMILES string of the molecule is NC(=O)[C@H](Cc1ccccc1)NC(=O)c1cccc(-c2cn[nH]c2)c1. The highest BCUT2D eigenvalue weighted by Crippen LogP contribution is 2.19. The number of hydrogen-bond donors (Lipinski definition) is 3. The van der Waals surface area contributed by atoms with Crippen LogP contribution >= 0.6 is 0 Å². The number of H-pyrrole nitrogens is 1. The highest BCUT2D eigenvalue weighted by Gasteiger charge is 2.19. The van der Waals surface area contributed by atoms with Gasteiger partial charge in [-0.1, -0.05) is 42.5 Å². The van der Waals surface area contributed by atoms with Gasteiger partial charge in [-0.3, -0.25) is 14.7 Å². The normalized spacial score (nSPS) is 11.7. The molecule has 1 aromatic heterocycles. The molecular formula is C19H18N4O2. The molecule has 0 bridgehead atoms. The molecule has 3 rings (SSSR count). The van der Waals surface area contributed by atoms with Crippen molar-refractivity contribution in [1.82, 2.24) is 15.5 Å². The van der Waals surface area contributed by atoms with Crippen LogP contribution < -0.4 is 11.1 Å². The highest BCUT2D eigenvalue weighted by molar-refractivity contribution is 5.98. The van der Waals surface area contributed by atoms with Gasteiger partial charge in [0.05, 0.1) is 6.20 Å². The molecule has 4 N–H and O–H groups in total. The minimum absolute atomic E-state index is 0.343. The van der Waals surface area contributed by atoms with Gasteiger partial charge in [-0.2, -0.15) is 5.10 Å². The number of amides is 2. The molecule has 126 valence electrons. The molecule has 25 heavy (non-hydrogen) atoms. The Bertz CT molecular complexity index is 860. The van der Waals surface area contributed by atoms with Crippen LogP contribution in [0.1, 0.15) is 15.9 Å². The first-order chi connectivity index (χ1) is 12.1. The Morgan fingerprint density at radius 1 is 1.08 bits per heavy atom. The molecule has 0 fully saturated rings. The van der Waals surface area contributed by atoms with E-state index in [2.05, 4.69) is 15.5 Å². The van der Waals surface area contributed by atoms with Gasteiger partial charge in [0.15, 0.2) is 0 Å². The molecule has 0 saturated heterocycles. The fourth-order valence-corrected chi connectivity index (χ4v) is 2.56. The third-order valence-electron chi connectivity index (χ3n) is 3.89. The fourth-order valence-electron chi connectivity index (χ4n) is 2.56. The first-order valence-corrected chi connectivity index (χ1v) is 7.87. The van der Waals surface area contributed by atoms with E-state index >= 15 is 0 Å².